The Morgan fingerprint density at radius 1 is 1.33 bits per heavy atom. The summed E-state index contributed by atoms with van der Waals surface area (Å²) in [6.07, 6.45) is 4.79. The van der Waals surface area contributed by atoms with Gasteiger partial charge in [0, 0.05) is 23.7 Å². The first-order valence-corrected chi connectivity index (χ1v) is 4.38. The molecule has 3 aromatic heterocycles. The van der Waals surface area contributed by atoms with E-state index in [9.17, 15) is 0 Å². The summed E-state index contributed by atoms with van der Waals surface area (Å²) in [4.78, 5) is 4.01. The third-order valence-corrected chi connectivity index (χ3v) is 2.19. The van der Waals surface area contributed by atoms with Crippen LogP contribution in [0.1, 0.15) is 0 Å². The van der Waals surface area contributed by atoms with Crippen molar-refractivity contribution >= 4 is 16.8 Å². The van der Waals surface area contributed by atoms with E-state index in [0.717, 1.165) is 16.6 Å². The first-order chi connectivity index (χ1) is 7.34. The van der Waals surface area contributed by atoms with Gasteiger partial charge in [0.15, 0.2) is 0 Å². The van der Waals surface area contributed by atoms with Crippen LogP contribution in [-0.2, 0) is 0 Å². The van der Waals surface area contributed by atoms with Crippen LogP contribution in [0.15, 0.2) is 39.8 Å². The predicted molar refractivity (Wildman–Crippen MR) is 53.9 cm³/mol. The maximum absolute atomic E-state index is 5.55. The van der Waals surface area contributed by atoms with Gasteiger partial charge in [-0.3, -0.25) is 0 Å². The Morgan fingerprint density at radius 3 is 3.07 bits per heavy atom. The largest absolute Gasteiger partial charge is 0.463 e. The standard InChI is InChI=1S/C10H7N3O2/c11-10-3-9-6(4-12-10)7(5-14-9)8-1-2-15-13-8/h1-5H,(H2,11,12). The quantitative estimate of drug-likeness (QED) is 0.651. The predicted octanol–water partition coefficient (Wildman–Crippen LogP) is 2.06. The molecule has 3 rings (SSSR count). The van der Waals surface area contributed by atoms with Gasteiger partial charge in [-0.15, -0.1) is 0 Å². The number of furan rings is 1. The lowest BCUT2D eigenvalue weighted by atomic mass is 10.1. The van der Waals surface area contributed by atoms with Crippen LogP contribution in [0.3, 0.4) is 0 Å². The third-order valence-electron chi connectivity index (χ3n) is 2.19. The Labute approximate surface area is 84.5 Å². The highest BCUT2D eigenvalue weighted by Crippen LogP contribution is 2.29. The number of nitrogens with two attached hydrogens (primary N) is 1. The minimum Gasteiger partial charge on any atom is -0.463 e. The van der Waals surface area contributed by atoms with Gasteiger partial charge in [-0.25, -0.2) is 4.98 Å². The Kier molecular flexibility index (Phi) is 1.53. The monoisotopic (exact) mass is 201 g/mol. The van der Waals surface area contributed by atoms with Crippen LogP contribution in [0, 0.1) is 0 Å². The van der Waals surface area contributed by atoms with Crippen LogP contribution in [0.4, 0.5) is 5.82 Å². The summed E-state index contributed by atoms with van der Waals surface area (Å²) in [7, 11) is 0. The van der Waals surface area contributed by atoms with E-state index in [4.69, 9.17) is 14.7 Å². The molecule has 0 spiro atoms. The molecule has 5 nitrogen and oxygen atoms in total. The van der Waals surface area contributed by atoms with Crippen molar-refractivity contribution in [3.05, 3.63) is 30.9 Å². The summed E-state index contributed by atoms with van der Waals surface area (Å²) in [5, 5.41) is 4.71. The zero-order valence-corrected chi connectivity index (χ0v) is 7.68. The van der Waals surface area contributed by atoms with Gasteiger partial charge in [0.25, 0.3) is 0 Å². The van der Waals surface area contributed by atoms with Gasteiger partial charge in [0.05, 0.1) is 5.56 Å². The van der Waals surface area contributed by atoms with Gasteiger partial charge in [-0.05, 0) is 0 Å². The van der Waals surface area contributed by atoms with Gasteiger partial charge in [-0.1, -0.05) is 5.16 Å². The van der Waals surface area contributed by atoms with Gasteiger partial charge in [-0.2, -0.15) is 0 Å². The highest BCUT2D eigenvalue weighted by Gasteiger charge is 2.10. The van der Waals surface area contributed by atoms with Gasteiger partial charge in [0.1, 0.15) is 29.6 Å². The number of pyridine rings is 1. The molecule has 0 aliphatic heterocycles. The fourth-order valence-corrected chi connectivity index (χ4v) is 1.49. The van der Waals surface area contributed by atoms with E-state index in [2.05, 4.69) is 10.1 Å². The third kappa shape index (κ3) is 1.17. The van der Waals surface area contributed by atoms with Crippen LogP contribution in [0.2, 0.25) is 0 Å². The lowest BCUT2D eigenvalue weighted by Gasteiger charge is -1.92. The van der Waals surface area contributed by atoms with Crippen molar-refractivity contribution in [1.82, 2.24) is 10.1 Å². The molecule has 2 N–H and O–H groups in total. The smallest absolute Gasteiger partial charge is 0.139 e. The van der Waals surface area contributed by atoms with E-state index in [0.29, 0.717) is 11.4 Å². The number of hydrogen-bond acceptors (Lipinski definition) is 5. The van der Waals surface area contributed by atoms with E-state index in [-0.39, 0.29) is 0 Å². The number of hydrogen-bond donors (Lipinski definition) is 1. The van der Waals surface area contributed by atoms with Crippen LogP contribution in [0.25, 0.3) is 22.2 Å². The molecule has 0 saturated heterocycles. The molecule has 0 amide bonds. The number of fused-ring (bicyclic) bond motifs is 1. The van der Waals surface area contributed by atoms with Crippen LogP contribution < -0.4 is 5.73 Å². The van der Waals surface area contributed by atoms with Gasteiger partial charge >= 0.3 is 0 Å². The van der Waals surface area contributed by atoms with Crippen molar-refractivity contribution in [3.8, 4) is 11.3 Å². The summed E-state index contributed by atoms with van der Waals surface area (Å²) in [5.41, 5.74) is 7.82. The van der Waals surface area contributed by atoms with Crippen molar-refractivity contribution < 1.29 is 8.94 Å². The maximum Gasteiger partial charge on any atom is 0.139 e. The minimum atomic E-state index is 0.434. The second kappa shape index (κ2) is 2.84. The van der Waals surface area contributed by atoms with Crippen molar-refractivity contribution in [2.75, 3.05) is 5.73 Å². The van der Waals surface area contributed by atoms with E-state index in [1.807, 2.05) is 0 Å². The van der Waals surface area contributed by atoms with Crippen molar-refractivity contribution in [3.63, 3.8) is 0 Å². The number of nitrogen functional groups attached to an aromatic ring is 1. The average Bonchev–Trinajstić information content (AvgIpc) is 2.82. The van der Waals surface area contributed by atoms with Crippen LogP contribution in [-0.4, -0.2) is 10.1 Å². The molecule has 0 atom stereocenters. The van der Waals surface area contributed by atoms with E-state index >= 15 is 0 Å². The number of anilines is 1. The summed E-state index contributed by atoms with van der Waals surface area (Å²) >= 11 is 0. The number of nitrogens with zero attached hydrogens (tertiary/aromatic N) is 2. The molecule has 0 bridgehead atoms. The summed E-state index contributed by atoms with van der Waals surface area (Å²) in [5.74, 6) is 0.434. The molecule has 0 aliphatic rings. The van der Waals surface area contributed by atoms with E-state index in [1.165, 1.54) is 6.26 Å². The molecule has 3 aromatic rings. The molecule has 5 heteroatoms. The average molecular weight is 201 g/mol. The molecule has 3 heterocycles. The molecule has 0 unspecified atom stereocenters. The molecule has 0 radical (unpaired) electrons. The summed E-state index contributed by atoms with van der Waals surface area (Å²) in [6.45, 7) is 0. The van der Waals surface area contributed by atoms with Gasteiger partial charge < -0.3 is 14.7 Å². The SMILES string of the molecule is Nc1cc2occ(-c3ccon3)c2cn1. The van der Waals surface area contributed by atoms with Crippen LogP contribution in [0.5, 0.6) is 0 Å². The Balaban J connectivity index is 2.29. The second-order valence-corrected chi connectivity index (χ2v) is 3.14. The van der Waals surface area contributed by atoms with Crippen molar-refractivity contribution in [1.29, 1.82) is 0 Å². The highest BCUT2D eigenvalue weighted by molar-refractivity contribution is 5.93. The first-order valence-electron chi connectivity index (χ1n) is 4.38. The molecular formula is C10H7N3O2. The molecule has 0 fully saturated rings. The summed E-state index contributed by atoms with van der Waals surface area (Å²) < 4.78 is 10.1. The van der Waals surface area contributed by atoms with E-state index in [1.54, 1.807) is 24.6 Å². The molecule has 0 aliphatic carbocycles. The normalized spacial score (nSPS) is 10.9. The molecule has 74 valence electrons. The number of aromatic nitrogens is 2. The first kappa shape index (κ1) is 8.05. The zero-order chi connectivity index (χ0) is 10.3. The van der Waals surface area contributed by atoms with Crippen molar-refractivity contribution in [2.45, 2.75) is 0 Å². The highest BCUT2D eigenvalue weighted by atomic mass is 16.5. The summed E-state index contributed by atoms with van der Waals surface area (Å²) in [6, 6.07) is 3.44. The maximum atomic E-state index is 5.55. The number of rotatable bonds is 1. The Hall–Kier alpha value is -2.30. The molecule has 15 heavy (non-hydrogen) atoms. The van der Waals surface area contributed by atoms with Crippen molar-refractivity contribution in [2.24, 2.45) is 0 Å². The topological polar surface area (TPSA) is 78.1 Å². The lowest BCUT2D eigenvalue weighted by Crippen LogP contribution is -1.87. The fraction of sp³-hybridized carbons (Fsp3) is 0. The molecular weight excluding hydrogens is 194 g/mol. The molecule has 0 saturated carbocycles. The second-order valence-electron chi connectivity index (χ2n) is 3.14. The minimum absolute atomic E-state index is 0.434. The Bertz CT molecular complexity index is 598. The zero-order valence-electron chi connectivity index (χ0n) is 7.68. The van der Waals surface area contributed by atoms with Crippen LogP contribution >= 0.6 is 0 Å². The Morgan fingerprint density at radius 2 is 2.27 bits per heavy atom. The molecule has 0 aromatic carbocycles. The van der Waals surface area contributed by atoms with E-state index < -0.39 is 0 Å². The fourth-order valence-electron chi connectivity index (χ4n) is 1.49. The lowest BCUT2D eigenvalue weighted by molar-refractivity contribution is 0.422. The van der Waals surface area contributed by atoms with Gasteiger partial charge in [0.2, 0.25) is 0 Å².